The van der Waals surface area contributed by atoms with E-state index in [1.807, 2.05) is 5.32 Å². The number of alkyl halides is 3. The van der Waals surface area contributed by atoms with Crippen LogP contribution in [-0.2, 0) is 25.3 Å². The first kappa shape index (κ1) is 42.9. The summed E-state index contributed by atoms with van der Waals surface area (Å²) >= 11 is 15.2. The zero-order chi connectivity index (χ0) is 41.1. The molecule has 10 nitrogen and oxygen atoms in total. The van der Waals surface area contributed by atoms with Crippen LogP contribution in [0.5, 0.6) is 0 Å². The standard InChI is InChI=1S/C30H26ClF5N4O4.C7H7BrClNO/c1-4-24(30(34,35)36)38-16-11-21(32)25(22(33)12-16)27(41)39-23(29(43)44)10-15-7-8-18(26-17(15)6-5-9-37-26)19-13-20(31)14(2)40(3)28(19)42;1-4-6(9)3-5(8)7(11)10(4)2/h5-9,11-13,23-24,38H,4,10H2,1-3H3,(H,39,41)(H,43,44);3H,1-2H3/t23-,24+;/m0./s1. The highest BCUT2D eigenvalue weighted by Gasteiger charge is 2.38. The van der Waals surface area contributed by atoms with Gasteiger partial charge in [-0.15, -0.1) is 0 Å². The second-order valence-corrected chi connectivity index (χ2v) is 14.0. The molecule has 5 aromatic rings. The Morgan fingerprint density at radius 3 is 2.07 bits per heavy atom. The normalized spacial score (nSPS) is 12.5. The molecule has 3 aromatic heterocycles. The number of pyridine rings is 3. The van der Waals surface area contributed by atoms with E-state index < -0.39 is 59.4 Å². The molecule has 2 aromatic carbocycles. The highest BCUT2D eigenvalue weighted by Crippen LogP contribution is 2.31. The SMILES string of the molecule is CC[C@@H](Nc1cc(F)c(C(=O)N[C@@H](Cc2ccc(-c3cc(Cl)c(C)n(C)c3=O)c3ncccc23)C(=O)O)c(F)c1)C(F)(F)F.Cc1c(Cl)cc(Br)c(=O)n1C. The third-order valence-electron chi connectivity index (χ3n) is 8.86. The molecule has 2 atom stereocenters. The summed E-state index contributed by atoms with van der Waals surface area (Å²) in [4.78, 5) is 53.6. The first-order valence-electron chi connectivity index (χ1n) is 16.3. The van der Waals surface area contributed by atoms with E-state index in [0.717, 1.165) is 5.69 Å². The van der Waals surface area contributed by atoms with Crippen LogP contribution in [0, 0.1) is 25.5 Å². The molecule has 292 valence electrons. The molecule has 18 heteroatoms. The quantitative estimate of drug-likeness (QED) is 0.127. The predicted octanol–water partition coefficient (Wildman–Crippen LogP) is 8.13. The number of amides is 1. The van der Waals surface area contributed by atoms with Crippen molar-refractivity contribution in [3.8, 4) is 11.1 Å². The average molecular weight is 874 g/mol. The molecule has 0 bridgehead atoms. The van der Waals surface area contributed by atoms with Gasteiger partial charge in [-0.05, 0) is 72.1 Å². The summed E-state index contributed by atoms with van der Waals surface area (Å²) in [5.74, 6) is -5.90. The number of hydrogen-bond donors (Lipinski definition) is 3. The number of carboxylic acids is 1. The zero-order valence-electron chi connectivity index (χ0n) is 29.7. The topological polar surface area (TPSA) is 135 Å². The largest absolute Gasteiger partial charge is 0.480 e. The Bertz CT molecular complexity index is 2400. The fraction of sp³-hybridized carbons (Fsp3) is 0.270. The average Bonchev–Trinajstić information content (AvgIpc) is 3.12. The van der Waals surface area contributed by atoms with Crippen molar-refractivity contribution in [3.63, 3.8) is 0 Å². The number of rotatable bonds is 9. The summed E-state index contributed by atoms with van der Waals surface area (Å²) in [6, 6.07) is 6.75. The van der Waals surface area contributed by atoms with Crippen molar-refractivity contribution < 1.29 is 36.6 Å². The lowest BCUT2D eigenvalue weighted by atomic mass is 9.95. The molecule has 0 radical (unpaired) electrons. The first-order valence-corrected chi connectivity index (χ1v) is 17.8. The molecule has 0 fully saturated rings. The predicted molar refractivity (Wildman–Crippen MR) is 204 cm³/mol. The number of benzene rings is 2. The van der Waals surface area contributed by atoms with Crippen molar-refractivity contribution in [2.75, 3.05) is 5.32 Å². The maximum Gasteiger partial charge on any atom is 0.408 e. The zero-order valence-corrected chi connectivity index (χ0v) is 32.8. The van der Waals surface area contributed by atoms with Gasteiger partial charge in [0.25, 0.3) is 17.0 Å². The molecule has 0 saturated heterocycles. The summed E-state index contributed by atoms with van der Waals surface area (Å²) in [5, 5.41) is 15.3. The minimum Gasteiger partial charge on any atom is -0.480 e. The maximum absolute atomic E-state index is 14.8. The fourth-order valence-electron chi connectivity index (χ4n) is 5.50. The van der Waals surface area contributed by atoms with Crippen LogP contribution < -0.4 is 21.8 Å². The van der Waals surface area contributed by atoms with Gasteiger partial charge in [-0.3, -0.25) is 19.4 Å². The van der Waals surface area contributed by atoms with Crippen molar-refractivity contribution in [3.05, 3.63) is 124 Å². The van der Waals surface area contributed by atoms with Crippen LogP contribution in [0.4, 0.5) is 27.6 Å². The summed E-state index contributed by atoms with van der Waals surface area (Å²) in [6.45, 7) is 4.72. The van der Waals surface area contributed by atoms with Crippen molar-refractivity contribution in [1.29, 1.82) is 0 Å². The van der Waals surface area contributed by atoms with Gasteiger partial charge in [0.15, 0.2) is 0 Å². The van der Waals surface area contributed by atoms with Gasteiger partial charge >= 0.3 is 12.1 Å². The third kappa shape index (κ3) is 9.54. The number of fused-ring (bicyclic) bond motifs is 1. The Morgan fingerprint density at radius 1 is 0.927 bits per heavy atom. The van der Waals surface area contributed by atoms with Crippen LogP contribution in [0.1, 0.15) is 40.7 Å². The smallest absolute Gasteiger partial charge is 0.408 e. The summed E-state index contributed by atoms with van der Waals surface area (Å²) in [6.07, 6.45) is -3.97. The van der Waals surface area contributed by atoms with Gasteiger partial charge in [0.2, 0.25) is 0 Å². The first-order chi connectivity index (χ1) is 25.7. The van der Waals surface area contributed by atoms with E-state index in [2.05, 4.69) is 26.2 Å². The molecule has 0 aliphatic carbocycles. The molecule has 3 N–H and O–H groups in total. The fourth-order valence-corrected chi connectivity index (χ4v) is 6.60. The Morgan fingerprint density at radius 2 is 1.51 bits per heavy atom. The molecule has 5 rings (SSSR count). The Kier molecular flexibility index (Phi) is 13.5. The summed E-state index contributed by atoms with van der Waals surface area (Å²) in [5.41, 5.74) is 0.652. The van der Waals surface area contributed by atoms with E-state index in [9.17, 15) is 46.2 Å². The lowest BCUT2D eigenvalue weighted by Gasteiger charge is -2.22. The molecule has 0 aliphatic rings. The number of anilines is 1. The number of nitrogens with one attached hydrogen (secondary N) is 2. The molecule has 0 aliphatic heterocycles. The number of aromatic nitrogens is 3. The van der Waals surface area contributed by atoms with Gasteiger partial charge in [-0.2, -0.15) is 13.2 Å². The molecule has 0 spiro atoms. The van der Waals surface area contributed by atoms with Gasteiger partial charge < -0.3 is 24.9 Å². The highest BCUT2D eigenvalue weighted by molar-refractivity contribution is 9.10. The third-order valence-corrected chi connectivity index (χ3v) is 10.2. The van der Waals surface area contributed by atoms with Crippen LogP contribution in [-0.4, -0.2) is 49.4 Å². The van der Waals surface area contributed by atoms with Crippen molar-refractivity contribution >= 4 is 67.6 Å². The number of hydrogen-bond acceptors (Lipinski definition) is 6. The maximum atomic E-state index is 14.8. The van der Waals surface area contributed by atoms with Crippen LogP contribution >= 0.6 is 39.1 Å². The number of aliphatic carboxylic acids is 1. The van der Waals surface area contributed by atoms with Crippen molar-refractivity contribution in [2.45, 2.75) is 51.9 Å². The monoisotopic (exact) mass is 871 g/mol. The lowest BCUT2D eigenvalue weighted by molar-refractivity contribution is -0.143. The van der Waals surface area contributed by atoms with Crippen LogP contribution in [0.25, 0.3) is 22.0 Å². The lowest BCUT2D eigenvalue weighted by Crippen LogP contribution is -2.43. The van der Waals surface area contributed by atoms with Crippen LogP contribution in [0.15, 0.2) is 68.8 Å². The van der Waals surface area contributed by atoms with Gasteiger partial charge in [-0.1, -0.05) is 48.3 Å². The van der Waals surface area contributed by atoms with Gasteiger partial charge in [0.1, 0.15) is 29.3 Å². The molecule has 1 amide bonds. The summed E-state index contributed by atoms with van der Waals surface area (Å²) in [7, 11) is 3.26. The minimum absolute atomic E-state index is 0.0631. The van der Waals surface area contributed by atoms with Gasteiger partial charge in [0.05, 0.1) is 25.6 Å². The second kappa shape index (κ2) is 17.3. The van der Waals surface area contributed by atoms with E-state index in [-0.39, 0.29) is 23.1 Å². The van der Waals surface area contributed by atoms with Crippen LogP contribution in [0.2, 0.25) is 10.0 Å². The van der Waals surface area contributed by atoms with E-state index in [1.54, 1.807) is 58.3 Å². The minimum atomic E-state index is -4.69. The van der Waals surface area contributed by atoms with E-state index in [1.165, 1.54) is 28.3 Å². The Labute approximate surface area is 329 Å². The number of halogens is 8. The van der Waals surface area contributed by atoms with E-state index in [0.29, 0.717) is 54.4 Å². The second-order valence-electron chi connectivity index (χ2n) is 12.3. The van der Waals surface area contributed by atoms with Gasteiger partial charge in [0, 0.05) is 54.7 Å². The highest BCUT2D eigenvalue weighted by atomic mass is 79.9. The number of carboxylic acid groups (broad SMARTS) is 1. The molecule has 0 saturated carbocycles. The molecular weight excluding hydrogens is 840 g/mol. The number of carbonyl (C=O) groups is 2. The molecule has 0 unspecified atom stereocenters. The Hall–Kier alpha value is -4.80. The van der Waals surface area contributed by atoms with Crippen molar-refractivity contribution in [1.82, 2.24) is 19.4 Å². The molecule has 3 heterocycles. The van der Waals surface area contributed by atoms with Crippen molar-refractivity contribution in [2.24, 2.45) is 14.1 Å². The van der Waals surface area contributed by atoms with E-state index >= 15 is 0 Å². The Balaban J connectivity index is 0.000000525. The number of nitrogens with zero attached hydrogens (tertiary/aromatic N) is 3. The number of carbonyl (C=O) groups excluding carboxylic acids is 1. The van der Waals surface area contributed by atoms with E-state index in [4.69, 9.17) is 23.2 Å². The van der Waals surface area contributed by atoms with Gasteiger partial charge in [-0.25, -0.2) is 13.6 Å². The van der Waals surface area contributed by atoms with Crippen LogP contribution in [0.3, 0.4) is 0 Å². The molecular formula is C37H33BrCl2F5N5O5. The molecule has 55 heavy (non-hydrogen) atoms. The summed E-state index contributed by atoms with van der Waals surface area (Å²) < 4.78 is 72.3.